The number of amides is 2. The minimum atomic E-state index is -3.86. The Morgan fingerprint density at radius 1 is 1.18 bits per heavy atom. The number of hydrogen-bond acceptors (Lipinski definition) is 5. The van der Waals surface area contributed by atoms with Crippen molar-refractivity contribution in [2.45, 2.75) is 58.0 Å². The van der Waals surface area contributed by atoms with Crippen LogP contribution in [0, 0.1) is 26.7 Å². The van der Waals surface area contributed by atoms with E-state index in [0.29, 0.717) is 42.8 Å². The van der Waals surface area contributed by atoms with E-state index in [4.69, 9.17) is 4.74 Å². The van der Waals surface area contributed by atoms with E-state index in [1.54, 1.807) is 13.0 Å². The van der Waals surface area contributed by atoms with Crippen molar-refractivity contribution in [2.24, 2.45) is 5.92 Å². The predicted octanol–water partition coefficient (Wildman–Crippen LogP) is 3.76. The molecule has 2 N–H and O–H groups in total. The summed E-state index contributed by atoms with van der Waals surface area (Å²) >= 11 is 0. The van der Waals surface area contributed by atoms with Crippen molar-refractivity contribution < 1.29 is 22.7 Å². The summed E-state index contributed by atoms with van der Waals surface area (Å²) in [6.45, 7) is 7.88. The normalized spacial score (nSPS) is 20.8. The Labute approximate surface area is 200 Å². The third kappa shape index (κ3) is 4.67. The molecule has 2 aromatic rings. The van der Waals surface area contributed by atoms with Gasteiger partial charge in [-0.2, -0.15) is 4.31 Å². The Bertz CT molecular complexity index is 1240. The number of carbonyl (C=O) groups excluding carboxylic acids is 2. The van der Waals surface area contributed by atoms with E-state index in [1.165, 1.54) is 10.4 Å². The van der Waals surface area contributed by atoms with Gasteiger partial charge in [-0.1, -0.05) is 19.1 Å². The van der Waals surface area contributed by atoms with Crippen molar-refractivity contribution in [1.82, 2.24) is 4.31 Å². The fourth-order valence-electron chi connectivity index (χ4n) is 4.45. The lowest BCUT2D eigenvalue weighted by Gasteiger charge is -2.32. The van der Waals surface area contributed by atoms with E-state index in [1.807, 2.05) is 39.0 Å². The Balaban J connectivity index is 1.55. The van der Waals surface area contributed by atoms with Crippen molar-refractivity contribution >= 4 is 33.2 Å². The largest absolute Gasteiger partial charge is 0.478 e. The van der Waals surface area contributed by atoms with Gasteiger partial charge in [0.25, 0.3) is 5.91 Å². The van der Waals surface area contributed by atoms with Crippen molar-refractivity contribution in [3.8, 4) is 5.75 Å². The molecule has 182 valence electrons. The summed E-state index contributed by atoms with van der Waals surface area (Å²) in [6, 6.07) is 8.97. The molecule has 0 aliphatic carbocycles. The number of rotatable bonds is 5. The molecule has 2 aliphatic rings. The van der Waals surface area contributed by atoms with Gasteiger partial charge in [0.05, 0.1) is 16.5 Å². The maximum absolute atomic E-state index is 13.6. The smallest absolute Gasteiger partial charge is 0.265 e. The van der Waals surface area contributed by atoms with Gasteiger partial charge in [0.1, 0.15) is 5.75 Å². The zero-order valence-corrected chi connectivity index (χ0v) is 20.8. The Morgan fingerprint density at radius 2 is 1.94 bits per heavy atom. The summed E-state index contributed by atoms with van der Waals surface area (Å²) in [5.74, 6) is -0.510. The van der Waals surface area contributed by atoms with Crippen LogP contribution < -0.4 is 15.4 Å². The summed E-state index contributed by atoms with van der Waals surface area (Å²) in [5.41, 5.74) is 3.73. The molecule has 9 heteroatoms. The van der Waals surface area contributed by atoms with Gasteiger partial charge in [0, 0.05) is 24.8 Å². The molecule has 2 aliphatic heterocycles. The van der Waals surface area contributed by atoms with E-state index in [2.05, 4.69) is 10.6 Å². The second-order valence-electron chi connectivity index (χ2n) is 9.13. The van der Waals surface area contributed by atoms with Crippen molar-refractivity contribution in [1.29, 1.82) is 0 Å². The molecule has 0 spiro atoms. The maximum atomic E-state index is 13.6. The van der Waals surface area contributed by atoms with Crippen LogP contribution in [-0.4, -0.2) is 43.7 Å². The fraction of sp³-hybridized carbons (Fsp3) is 0.440. The minimum Gasteiger partial charge on any atom is -0.478 e. The van der Waals surface area contributed by atoms with Crippen LogP contribution in [0.4, 0.5) is 11.4 Å². The molecule has 1 saturated heterocycles. The highest BCUT2D eigenvalue weighted by atomic mass is 32.2. The number of sulfonamides is 1. The molecular formula is C25H31N3O5S. The summed E-state index contributed by atoms with van der Waals surface area (Å²) in [4.78, 5) is 25.2. The van der Waals surface area contributed by atoms with Crippen LogP contribution in [0.5, 0.6) is 5.75 Å². The van der Waals surface area contributed by atoms with Gasteiger partial charge in [-0.05, 0) is 68.9 Å². The van der Waals surface area contributed by atoms with E-state index >= 15 is 0 Å². The van der Waals surface area contributed by atoms with Gasteiger partial charge >= 0.3 is 0 Å². The first-order valence-corrected chi connectivity index (χ1v) is 13.0. The van der Waals surface area contributed by atoms with Crippen LogP contribution in [0.25, 0.3) is 0 Å². The third-order valence-electron chi connectivity index (χ3n) is 6.49. The van der Waals surface area contributed by atoms with Crippen molar-refractivity contribution in [3.63, 3.8) is 0 Å². The first kappa shape index (κ1) is 24.2. The lowest BCUT2D eigenvalue weighted by Crippen LogP contribution is -2.44. The highest BCUT2D eigenvalue weighted by Crippen LogP contribution is 2.36. The molecule has 1 fully saturated rings. The van der Waals surface area contributed by atoms with E-state index < -0.39 is 22.0 Å². The van der Waals surface area contributed by atoms with Crippen LogP contribution in [0.15, 0.2) is 35.2 Å². The number of carbonyl (C=O) groups is 2. The number of hydrogen-bond donors (Lipinski definition) is 2. The third-order valence-corrected chi connectivity index (χ3v) is 8.50. The lowest BCUT2D eigenvalue weighted by atomic mass is 9.98. The highest BCUT2D eigenvalue weighted by Gasteiger charge is 2.36. The number of fused-ring (bicyclic) bond motifs is 1. The van der Waals surface area contributed by atoms with Crippen LogP contribution in [-0.2, 0) is 19.6 Å². The van der Waals surface area contributed by atoms with Crippen LogP contribution in [0.2, 0.25) is 0 Å². The molecular weight excluding hydrogens is 454 g/mol. The van der Waals surface area contributed by atoms with E-state index in [9.17, 15) is 18.0 Å². The molecule has 8 nitrogen and oxygen atoms in total. The van der Waals surface area contributed by atoms with Gasteiger partial charge in [-0.15, -0.1) is 0 Å². The molecule has 0 unspecified atom stereocenters. The maximum Gasteiger partial charge on any atom is 0.265 e. The molecule has 2 aromatic carbocycles. The lowest BCUT2D eigenvalue weighted by molar-refractivity contribution is -0.123. The number of aryl methyl sites for hydroxylation is 3. The molecule has 2 amide bonds. The molecule has 4 rings (SSSR count). The van der Waals surface area contributed by atoms with Crippen LogP contribution in [0.1, 0.15) is 42.9 Å². The molecule has 0 bridgehead atoms. The first-order valence-electron chi connectivity index (χ1n) is 11.6. The highest BCUT2D eigenvalue weighted by molar-refractivity contribution is 7.89. The number of anilines is 2. The topological polar surface area (TPSA) is 105 Å². The number of ether oxygens (including phenoxy) is 1. The Hall–Kier alpha value is -2.91. The average molecular weight is 486 g/mol. The van der Waals surface area contributed by atoms with E-state index in [0.717, 1.165) is 16.8 Å². The minimum absolute atomic E-state index is 0.116. The quantitative estimate of drug-likeness (QED) is 0.671. The van der Waals surface area contributed by atoms with E-state index in [-0.39, 0.29) is 23.3 Å². The predicted molar refractivity (Wildman–Crippen MR) is 131 cm³/mol. The van der Waals surface area contributed by atoms with Crippen molar-refractivity contribution in [3.05, 3.63) is 47.0 Å². The summed E-state index contributed by atoms with van der Waals surface area (Å²) in [5, 5.41) is 5.77. The van der Waals surface area contributed by atoms with Gasteiger partial charge in [-0.3, -0.25) is 9.59 Å². The molecule has 2 heterocycles. The zero-order valence-electron chi connectivity index (χ0n) is 20.0. The second kappa shape index (κ2) is 9.38. The second-order valence-corrected chi connectivity index (χ2v) is 11.0. The summed E-state index contributed by atoms with van der Waals surface area (Å²) < 4.78 is 34.3. The first-order chi connectivity index (χ1) is 16.1. The van der Waals surface area contributed by atoms with Gasteiger partial charge in [0.15, 0.2) is 6.10 Å². The average Bonchev–Trinajstić information content (AvgIpc) is 2.80. The fourth-order valence-corrected chi connectivity index (χ4v) is 6.20. The molecule has 0 radical (unpaired) electrons. The van der Waals surface area contributed by atoms with Crippen LogP contribution in [0.3, 0.4) is 0 Å². The van der Waals surface area contributed by atoms with Gasteiger partial charge in [-0.25, -0.2) is 8.42 Å². The SMILES string of the molecule is CC[C@H]1Oc2cc(S(=O)(=O)N3CCC[C@@H](C(=O)Nc4cc(C)ccc4C)C3)c(C)cc2NC1=O. The number of nitrogens with one attached hydrogen (secondary N) is 2. The molecule has 0 saturated carbocycles. The standard InChI is InChI=1S/C25H31N3O5S/c1-5-21-25(30)27-20-12-17(4)23(13-22(20)33-21)34(31,32)28-10-6-7-18(14-28)24(29)26-19-11-15(2)8-9-16(19)3/h8-9,11-13,18,21H,5-7,10,14H2,1-4H3,(H,26,29)(H,27,30)/t18-,21-/m1/s1. The Morgan fingerprint density at radius 3 is 2.68 bits per heavy atom. The molecule has 0 aromatic heterocycles. The summed E-state index contributed by atoms with van der Waals surface area (Å²) in [7, 11) is -3.86. The zero-order chi connectivity index (χ0) is 24.6. The monoisotopic (exact) mass is 485 g/mol. The van der Waals surface area contributed by atoms with Gasteiger partial charge < -0.3 is 15.4 Å². The van der Waals surface area contributed by atoms with Crippen molar-refractivity contribution in [2.75, 3.05) is 23.7 Å². The van der Waals surface area contributed by atoms with Crippen LogP contribution >= 0.6 is 0 Å². The summed E-state index contributed by atoms with van der Waals surface area (Å²) in [6.07, 6.45) is 1.04. The number of nitrogens with zero attached hydrogens (tertiary/aromatic N) is 1. The Kier molecular flexibility index (Phi) is 6.69. The molecule has 2 atom stereocenters. The number of benzene rings is 2. The molecule has 34 heavy (non-hydrogen) atoms. The number of piperidine rings is 1. The van der Waals surface area contributed by atoms with Gasteiger partial charge in [0.2, 0.25) is 15.9 Å².